The van der Waals surface area contributed by atoms with E-state index in [9.17, 15) is 9.90 Å². The third-order valence-electron chi connectivity index (χ3n) is 4.23. The minimum absolute atomic E-state index is 0.483. The van der Waals surface area contributed by atoms with Crippen molar-refractivity contribution in [2.24, 2.45) is 5.10 Å². The van der Waals surface area contributed by atoms with Crippen LogP contribution in [0.3, 0.4) is 0 Å². The molecule has 0 aromatic heterocycles. The third kappa shape index (κ3) is 3.55. The van der Waals surface area contributed by atoms with Gasteiger partial charge in [0.2, 0.25) is 0 Å². The van der Waals surface area contributed by atoms with Gasteiger partial charge in [0.15, 0.2) is 5.60 Å². The van der Waals surface area contributed by atoms with E-state index in [0.29, 0.717) is 16.8 Å². The molecule has 3 rings (SSSR count). The van der Waals surface area contributed by atoms with E-state index >= 15 is 0 Å². The number of nitrogens with zero attached hydrogens (tertiary/aromatic N) is 1. The highest BCUT2D eigenvalue weighted by Gasteiger charge is 2.39. The predicted octanol–water partition coefficient (Wildman–Crippen LogP) is 3.46. The molecule has 0 saturated carbocycles. The number of nitrogens with one attached hydrogen (secondary N) is 1. The summed E-state index contributed by atoms with van der Waals surface area (Å²) in [5, 5.41) is 15.5. The Morgan fingerprint density at radius 3 is 1.69 bits per heavy atom. The fourth-order valence-corrected chi connectivity index (χ4v) is 2.75. The van der Waals surface area contributed by atoms with Crippen LogP contribution < -0.4 is 5.43 Å². The maximum atomic E-state index is 12.9. The molecule has 130 valence electrons. The molecule has 26 heavy (non-hydrogen) atoms. The lowest BCUT2D eigenvalue weighted by Gasteiger charge is -2.27. The minimum atomic E-state index is -1.83. The van der Waals surface area contributed by atoms with Crippen molar-refractivity contribution in [1.29, 1.82) is 0 Å². The molecule has 0 heterocycles. The van der Waals surface area contributed by atoms with E-state index < -0.39 is 11.5 Å². The zero-order valence-electron chi connectivity index (χ0n) is 14.5. The Bertz CT molecular complexity index is 852. The molecule has 4 nitrogen and oxygen atoms in total. The summed E-state index contributed by atoms with van der Waals surface area (Å²) in [6.45, 7) is 1.81. The van der Waals surface area contributed by atoms with Gasteiger partial charge in [-0.15, -0.1) is 0 Å². The highest BCUT2D eigenvalue weighted by molar-refractivity contribution is 6.00. The van der Waals surface area contributed by atoms with E-state index in [2.05, 4.69) is 10.5 Å². The molecule has 4 heteroatoms. The fraction of sp³-hybridized carbons (Fsp3) is 0.0909. The quantitative estimate of drug-likeness (QED) is 0.550. The third-order valence-corrected chi connectivity index (χ3v) is 4.23. The predicted molar refractivity (Wildman–Crippen MR) is 103 cm³/mol. The lowest BCUT2D eigenvalue weighted by molar-refractivity contribution is -0.136. The summed E-state index contributed by atoms with van der Waals surface area (Å²) in [5.41, 5.74) is 3.21. The SMILES string of the molecule is C/C(=N\NC(=O)C(O)(c1ccccc1)c1ccccc1)c1ccccc1. The maximum absolute atomic E-state index is 12.9. The normalized spacial score (nSPS) is 11.8. The van der Waals surface area contributed by atoms with Gasteiger partial charge in [0.05, 0.1) is 5.71 Å². The molecule has 3 aromatic rings. The molecule has 0 aliphatic heterocycles. The zero-order chi connectivity index (χ0) is 18.4. The highest BCUT2D eigenvalue weighted by atomic mass is 16.3. The number of hydrogen-bond donors (Lipinski definition) is 2. The van der Waals surface area contributed by atoms with Crippen LogP contribution in [0, 0.1) is 0 Å². The zero-order valence-corrected chi connectivity index (χ0v) is 14.5. The molecular weight excluding hydrogens is 324 g/mol. The van der Waals surface area contributed by atoms with Crippen LogP contribution in [-0.2, 0) is 10.4 Å². The Hall–Kier alpha value is -3.24. The first-order valence-electron chi connectivity index (χ1n) is 8.36. The van der Waals surface area contributed by atoms with Crippen molar-refractivity contribution in [3.63, 3.8) is 0 Å². The fourth-order valence-electron chi connectivity index (χ4n) is 2.75. The van der Waals surface area contributed by atoms with Gasteiger partial charge in [-0.25, -0.2) is 5.43 Å². The average Bonchev–Trinajstić information content (AvgIpc) is 2.73. The second kappa shape index (κ2) is 7.76. The van der Waals surface area contributed by atoms with E-state index in [4.69, 9.17) is 0 Å². The summed E-state index contributed by atoms with van der Waals surface area (Å²) in [4.78, 5) is 12.9. The number of carbonyl (C=O) groups is 1. The molecule has 0 unspecified atom stereocenters. The van der Waals surface area contributed by atoms with Crippen LogP contribution in [0.15, 0.2) is 96.1 Å². The lowest BCUT2D eigenvalue weighted by atomic mass is 9.85. The highest BCUT2D eigenvalue weighted by Crippen LogP contribution is 2.29. The van der Waals surface area contributed by atoms with Crippen molar-refractivity contribution < 1.29 is 9.90 Å². The number of amides is 1. The first-order valence-corrected chi connectivity index (χ1v) is 8.36. The molecule has 0 atom stereocenters. The number of hydrogen-bond acceptors (Lipinski definition) is 3. The maximum Gasteiger partial charge on any atom is 0.281 e. The van der Waals surface area contributed by atoms with E-state index in [0.717, 1.165) is 5.56 Å². The topological polar surface area (TPSA) is 61.7 Å². The molecule has 0 radical (unpaired) electrons. The van der Waals surface area contributed by atoms with Gasteiger partial charge in [0.1, 0.15) is 0 Å². The van der Waals surface area contributed by atoms with Crippen molar-refractivity contribution in [2.45, 2.75) is 12.5 Å². The molecule has 2 N–H and O–H groups in total. The van der Waals surface area contributed by atoms with Crippen molar-refractivity contribution in [2.75, 3.05) is 0 Å². The summed E-state index contributed by atoms with van der Waals surface area (Å²) >= 11 is 0. The molecule has 0 bridgehead atoms. The Kier molecular flexibility index (Phi) is 5.25. The summed E-state index contributed by atoms with van der Waals surface area (Å²) < 4.78 is 0. The van der Waals surface area contributed by atoms with Gasteiger partial charge >= 0.3 is 0 Å². The second-order valence-electron chi connectivity index (χ2n) is 5.95. The van der Waals surface area contributed by atoms with Gasteiger partial charge in [0.25, 0.3) is 5.91 Å². The first-order chi connectivity index (χ1) is 12.6. The summed E-state index contributed by atoms with van der Waals surface area (Å²) in [6.07, 6.45) is 0. The Morgan fingerprint density at radius 1 is 0.808 bits per heavy atom. The average molecular weight is 344 g/mol. The van der Waals surface area contributed by atoms with Gasteiger partial charge < -0.3 is 5.11 Å². The van der Waals surface area contributed by atoms with Gasteiger partial charge in [0, 0.05) is 0 Å². The molecule has 3 aromatic carbocycles. The lowest BCUT2D eigenvalue weighted by Crippen LogP contribution is -2.43. The van der Waals surface area contributed by atoms with Gasteiger partial charge in [-0.05, 0) is 23.6 Å². The molecule has 0 aliphatic rings. The molecule has 0 spiro atoms. The van der Waals surface area contributed by atoms with Crippen molar-refractivity contribution in [3.8, 4) is 0 Å². The van der Waals surface area contributed by atoms with Crippen LogP contribution in [0.4, 0.5) is 0 Å². The summed E-state index contributed by atoms with van der Waals surface area (Å²) in [5.74, 6) is -0.606. The number of rotatable bonds is 5. The van der Waals surface area contributed by atoms with Gasteiger partial charge in [-0.1, -0.05) is 91.0 Å². The van der Waals surface area contributed by atoms with E-state index in [-0.39, 0.29) is 0 Å². The van der Waals surface area contributed by atoms with Crippen LogP contribution in [-0.4, -0.2) is 16.7 Å². The Labute approximate surface area is 152 Å². The number of carbonyl (C=O) groups excluding carboxylic acids is 1. The molecule has 1 amide bonds. The molecule has 0 saturated heterocycles. The Balaban J connectivity index is 1.94. The molecule has 0 fully saturated rings. The van der Waals surface area contributed by atoms with Crippen LogP contribution in [0.25, 0.3) is 0 Å². The number of aliphatic hydroxyl groups is 1. The van der Waals surface area contributed by atoms with Crippen molar-refractivity contribution in [1.82, 2.24) is 5.43 Å². The largest absolute Gasteiger partial charge is 0.372 e. The molecular formula is C22H20N2O2. The monoisotopic (exact) mass is 344 g/mol. The van der Waals surface area contributed by atoms with Gasteiger partial charge in [-0.2, -0.15) is 5.10 Å². The summed E-state index contributed by atoms with van der Waals surface area (Å²) in [7, 11) is 0. The van der Waals surface area contributed by atoms with Crippen molar-refractivity contribution in [3.05, 3.63) is 108 Å². The van der Waals surface area contributed by atoms with Crippen LogP contribution in [0.1, 0.15) is 23.6 Å². The van der Waals surface area contributed by atoms with E-state index in [1.54, 1.807) is 55.5 Å². The Morgan fingerprint density at radius 2 is 1.23 bits per heavy atom. The number of hydrazone groups is 1. The van der Waals surface area contributed by atoms with Crippen LogP contribution in [0.5, 0.6) is 0 Å². The van der Waals surface area contributed by atoms with E-state index in [1.165, 1.54) is 0 Å². The van der Waals surface area contributed by atoms with E-state index in [1.807, 2.05) is 42.5 Å². The standard InChI is InChI=1S/C22H20N2O2/c1-17(18-11-5-2-6-12-18)23-24-21(25)22(26,19-13-7-3-8-14-19)20-15-9-4-10-16-20/h2-16,26H,1H3,(H,24,25)/b23-17+. The van der Waals surface area contributed by atoms with Crippen LogP contribution >= 0.6 is 0 Å². The van der Waals surface area contributed by atoms with Crippen molar-refractivity contribution >= 4 is 11.6 Å². The van der Waals surface area contributed by atoms with Gasteiger partial charge in [-0.3, -0.25) is 4.79 Å². The number of benzene rings is 3. The molecule has 0 aliphatic carbocycles. The minimum Gasteiger partial charge on any atom is -0.372 e. The smallest absolute Gasteiger partial charge is 0.281 e. The first kappa shape index (κ1) is 17.6. The summed E-state index contributed by atoms with van der Waals surface area (Å²) in [6, 6.07) is 27.3. The second-order valence-corrected chi connectivity index (χ2v) is 5.95. The van der Waals surface area contributed by atoms with Crippen LogP contribution in [0.2, 0.25) is 0 Å².